The molecule has 1 amide bonds. The minimum absolute atomic E-state index is 0.246. The standard InChI is InChI=1S/C35H45ClN2O6/c1-37-15-12-23-13-16-43-32(17-23)29-10-7-25(29)21-38-14-4-3-5-24-18-28(36)9-6-26(24)22-44-31-11-8-27(19-30(31)38)35(41,20-33(37)39)34(40)42-2/h6,8-9,11,18-19,23,25,29,32,41H,3-5,7,10,12-17,20-22H2,1-2H3/t23-,25-,29+,32-,35+/m0/s1. The third-order valence-electron chi connectivity index (χ3n) is 10.5. The third kappa shape index (κ3) is 6.44. The second kappa shape index (κ2) is 13.3. The van der Waals surface area contributed by atoms with Gasteiger partial charge in [0.05, 0.1) is 25.3 Å². The molecule has 6 rings (SSSR count). The van der Waals surface area contributed by atoms with E-state index in [9.17, 15) is 14.7 Å². The van der Waals surface area contributed by atoms with E-state index in [1.807, 2.05) is 30.3 Å². The maximum atomic E-state index is 13.5. The van der Waals surface area contributed by atoms with E-state index in [1.165, 1.54) is 12.7 Å². The van der Waals surface area contributed by atoms with Crippen LogP contribution in [0.4, 0.5) is 5.69 Å². The fourth-order valence-electron chi connectivity index (χ4n) is 7.57. The van der Waals surface area contributed by atoms with Crippen LogP contribution in [0.1, 0.15) is 68.1 Å². The Kier molecular flexibility index (Phi) is 9.41. The van der Waals surface area contributed by atoms with Gasteiger partial charge in [0.1, 0.15) is 12.4 Å². The van der Waals surface area contributed by atoms with Gasteiger partial charge in [0.2, 0.25) is 5.91 Å². The van der Waals surface area contributed by atoms with E-state index in [1.54, 1.807) is 18.0 Å². The number of aryl methyl sites for hydroxylation is 1. The molecule has 2 fully saturated rings. The van der Waals surface area contributed by atoms with E-state index in [0.29, 0.717) is 42.2 Å². The summed E-state index contributed by atoms with van der Waals surface area (Å²) in [4.78, 5) is 30.7. The summed E-state index contributed by atoms with van der Waals surface area (Å²) < 4.78 is 18.0. The molecule has 1 N–H and O–H groups in total. The minimum Gasteiger partial charge on any atom is -0.487 e. The number of carbonyl (C=O) groups is 2. The Hall–Kier alpha value is -2.81. The molecule has 0 radical (unpaired) electrons. The molecule has 0 aromatic heterocycles. The second-order valence-corrected chi connectivity index (χ2v) is 13.7. The Balaban J connectivity index is 1.42. The molecule has 44 heavy (non-hydrogen) atoms. The van der Waals surface area contributed by atoms with Crippen molar-refractivity contribution in [1.82, 2.24) is 4.90 Å². The van der Waals surface area contributed by atoms with Crippen molar-refractivity contribution < 1.29 is 28.9 Å². The lowest BCUT2D eigenvalue weighted by molar-refractivity contribution is -0.168. The molecule has 9 heteroatoms. The first-order valence-electron chi connectivity index (χ1n) is 16.2. The molecule has 4 aliphatic rings. The molecule has 0 spiro atoms. The van der Waals surface area contributed by atoms with Gasteiger partial charge < -0.3 is 29.1 Å². The van der Waals surface area contributed by atoms with Gasteiger partial charge in [0, 0.05) is 38.3 Å². The molecule has 1 saturated heterocycles. The Morgan fingerprint density at radius 3 is 2.73 bits per heavy atom. The molecule has 4 bridgehead atoms. The summed E-state index contributed by atoms with van der Waals surface area (Å²) in [6.07, 6.45) is 7.91. The van der Waals surface area contributed by atoms with Crippen LogP contribution in [0, 0.1) is 17.8 Å². The van der Waals surface area contributed by atoms with Crippen LogP contribution in [0.5, 0.6) is 5.75 Å². The minimum atomic E-state index is -2.13. The third-order valence-corrected chi connectivity index (χ3v) is 10.7. The van der Waals surface area contributed by atoms with Gasteiger partial charge in [-0.05, 0) is 110 Å². The zero-order valence-corrected chi connectivity index (χ0v) is 26.7. The van der Waals surface area contributed by atoms with Crippen LogP contribution in [-0.2, 0) is 37.7 Å². The van der Waals surface area contributed by atoms with Crippen molar-refractivity contribution in [3.63, 3.8) is 0 Å². The average Bonchev–Trinajstić information content (AvgIpc) is 3.04. The van der Waals surface area contributed by atoms with Gasteiger partial charge >= 0.3 is 5.97 Å². The summed E-state index contributed by atoms with van der Waals surface area (Å²) in [6, 6.07) is 11.3. The number of amides is 1. The van der Waals surface area contributed by atoms with E-state index < -0.39 is 18.0 Å². The summed E-state index contributed by atoms with van der Waals surface area (Å²) in [5.41, 5.74) is 1.31. The maximum absolute atomic E-state index is 13.5. The van der Waals surface area contributed by atoms with E-state index in [-0.39, 0.29) is 12.0 Å². The molecule has 0 unspecified atom stereocenters. The Morgan fingerprint density at radius 1 is 1.07 bits per heavy atom. The highest BCUT2D eigenvalue weighted by molar-refractivity contribution is 6.30. The topological polar surface area (TPSA) is 88.5 Å². The molecule has 238 valence electrons. The highest BCUT2D eigenvalue weighted by Crippen LogP contribution is 2.45. The number of methoxy groups -OCH3 is 1. The molecule has 1 saturated carbocycles. The van der Waals surface area contributed by atoms with E-state index in [2.05, 4.69) is 4.90 Å². The van der Waals surface area contributed by atoms with Crippen molar-refractivity contribution in [2.45, 2.75) is 76.1 Å². The first kappa shape index (κ1) is 31.2. The van der Waals surface area contributed by atoms with Gasteiger partial charge in [-0.25, -0.2) is 4.79 Å². The number of carbonyl (C=O) groups excluding carboxylic acids is 2. The van der Waals surface area contributed by atoms with Crippen LogP contribution < -0.4 is 9.64 Å². The number of rotatable bonds is 1. The van der Waals surface area contributed by atoms with Gasteiger partial charge in [-0.3, -0.25) is 4.79 Å². The SMILES string of the molecule is COC(=O)[C@@]1(O)CC(=O)N(C)CC[C@H]2CCO[C@@H](C2)[C@@H]2CC[C@H]2CN2CCCCc3cc(Cl)ccc3COc3ccc1cc32. The zero-order valence-electron chi connectivity index (χ0n) is 25.9. The number of hydrogen-bond acceptors (Lipinski definition) is 7. The van der Waals surface area contributed by atoms with Gasteiger partial charge in [-0.1, -0.05) is 23.7 Å². The van der Waals surface area contributed by atoms with E-state index >= 15 is 0 Å². The summed E-state index contributed by atoms with van der Waals surface area (Å²) in [7, 11) is 2.99. The van der Waals surface area contributed by atoms with Crippen LogP contribution in [0.2, 0.25) is 5.02 Å². The van der Waals surface area contributed by atoms with Crippen molar-refractivity contribution in [3.8, 4) is 5.75 Å². The van der Waals surface area contributed by atoms with Crippen molar-refractivity contribution >= 4 is 29.2 Å². The highest BCUT2D eigenvalue weighted by Gasteiger charge is 2.44. The van der Waals surface area contributed by atoms with Crippen molar-refractivity contribution in [3.05, 3.63) is 58.1 Å². The largest absolute Gasteiger partial charge is 0.487 e. The van der Waals surface area contributed by atoms with Crippen molar-refractivity contribution in [1.29, 1.82) is 0 Å². The van der Waals surface area contributed by atoms with Crippen LogP contribution in [0.3, 0.4) is 0 Å². The van der Waals surface area contributed by atoms with Gasteiger partial charge in [0.15, 0.2) is 5.60 Å². The van der Waals surface area contributed by atoms with Gasteiger partial charge in [0.25, 0.3) is 0 Å². The predicted octanol–water partition coefficient (Wildman–Crippen LogP) is 5.50. The Bertz CT molecular complexity index is 1370. The quantitative estimate of drug-likeness (QED) is 0.420. The predicted molar refractivity (Wildman–Crippen MR) is 169 cm³/mol. The fraction of sp³-hybridized carbons (Fsp3) is 0.600. The number of nitrogens with zero attached hydrogens (tertiary/aromatic N) is 2. The van der Waals surface area contributed by atoms with E-state index in [4.69, 9.17) is 25.8 Å². The lowest BCUT2D eigenvalue weighted by Crippen LogP contribution is -2.47. The number of esters is 1. The molecule has 2 aromatic carbocycles. The lowest BCUT2D eigenvalue weighted by atomic mass is 9.67. The van der Waals surface area contributed by atoms with Crippen LogP contribution in [-0.4, -0.2) is 68.4 Å². The number of halogens is 1. The summed E-state index contributed by atoms with van der Waals surface area (Å²) in [6.45, 7) is 3.34. The zero-order chi connectivity index (χ0) is 30.8. The molecule has 3 aliphatic heterocycles. The van der Waals surface area contributed by atoms with Crippen molar-refractivity contribution in [2.75, 3.05) is 45.3 Å². The molecule has 5 atom stereocenters. The number of anilines is 1. The number of aliphatic hydroxyl groups is 1. The molecule has 3 heterocycles. The van der Waals surface area contributed by atoms with Crippen molar-refractivity contribution in [2.24, 2.45) is 17.8 Å². The fourth-order valence-corrected chi connectivity index (χ4v) is 7.76. The molecule has 1 aliphatic carbocycles. The summed E-state index contributed by atoms with van der Waals surface area (Å²) >= 11 is 6.36. The van der Waals surface area contributed by atoms with Crippen LogP contribution in [0.25, 0.3) is 0 Å². The van der Waals surface area contributed by atoms with E-state index in [0.717, 1.165) is 87.3 Å². The monoisotopic (exact) mass is 624 g/mol. The molecule has 2 aromatic rings. The first-order valence-corrected chi connectivity index (χ1v) is 16.6. The van der Waals surface area contributed by atoms with Gasteiger partial charge in [-0.15, -0.1) is 0 Å². The van der Waals surface area contributed by atoms with Crippen LogP contribution in [0.15, 0.2) is 36.4 Å². The molecular weight excluding hydrogens is 580 g/mol. The average molecular weight is 625 g/mol. The summed E-state index contributed by atoms with van der Waals surface area (Å²) in [5.74, 6) is 0.993. The molecule has 8 nitrogen and oxygen atoms in total. The second-order valence-electron chi connectivity index (χ2n) is 13.2. The first-order chi connectivity index (χ1) is 21.2. The highest BCUT2D eigenvalue weighted by atomic mass is 35.5. The number of hydrogen-bond donors (Lipinski definition) is 1. The normalized spacial score (nSPS) is 29.7. The van der Waals surface area contributed by atoms with Crippen LogP contribution >= 0.6 is 11.6 Å². The molecular formula is C35H45ClN2O6. The maximum Gasteiger partial charge on any atom is 0.343 e. The van der Waals surface area contributed by atoms with Gasteiger partial charge in [-0.2, -0.15) is 0 Å². The Labute approximate surface area is 265 Å². The lowest BCUT2D eigenvalue weighted by Gasteiger charge is -2.47. The smallest absolute Gasteiger partial charge is 0.343 e. The number of ether oxygens (including phenoxy) is 3. The summed E-state index contributed by atoms with van der Waals surface area (Å²) in [5, 5.41) is 12.7. The Morgan fingerprint density at radius 2 is 1.93 bits per heavy atom. The number of fused-ring (bicyclic) bond motifs is 6. The number of benzene rings is 2.